The Hall–Kier alpha value is 0.145. The van der Waals surface area contributed by atoms with Crippen LogP contribution in [0.3, 0.4) is 0 Å². The van der Waals surface area contributed by atoms with E-state index in [1.807, 2.05) is 0 Å². The second-order valence-corrected chi connectivity index (χ2v) is 4.15. The molecule has 0 bridgehead atoms. The zero-order valence-corrected chi connectivity index (χ0v) is 9.61. The third-order valence-electron chi connectivity index (χ3n) is 2.26. The Labute approximate surface area is 84.5 Å². The van der Waals surface area contributed by atoms with Gasteiger partial charge in [-0.05, 0) is 33.1 Å². The lowest BCUT2D eigenvalue weighted by Crippen LogP contribution is -2.36. The molecule has 0 aromatic heterocycles. The molecule has 0 nitrogen and oxygen atoms in total. The quantitative estimate of drug-likeness (QED) is 0.351. The largest absolute Gasteiger partial charge is 0.140 e. The molecule has 0 spiro atoms. The van der Waals surface area contributed by atoms with Crippen molar-refractivity contribution in [3.05, 3.63) is 15.2 Å². The van der Waals surface area contributed by atoms with Crippen LogP contribution in [0.2, 0.25) is 0 Å². The minimum atomic E-state index is 1.39. The molecule has 1 rings (SSSR count). The fourth-order valence-corrected chi connectivity index (χ4v) is 1.81. The van der Waals surface area contributed by atoms with Crippen LogP contribution in [-0.2, 0) is 0 Å². The predicted molar refractivity (Wildman–Crippen MR) is 68.4 cm³/mol. The van der Waals surface area contributed by atoms with Gasteiger partial charge in [-0.15, -0.1) is 0 Å². The van der Waals surface area contributed by atoms with Crippen molar-refractivity contribution in [2.24, 2.45) is 0 Å². The number of rotatable bonds is 0. The second-order valence-electron chi connectivity index (χ2n) is 3.07. The maximum Gasteiger partial charge on any atom is 0.140 e. The van der Waals surface area contributed by atoms with E-state index in [1.165, 1.54) is 25.5 Å². The van der Waals surface area contributed by atoms with Gasteiger partial charge in [-0.25, -0.2) is 0 Å². The fraction of sp³-hybridized carbons (Fsp3) is 0.143. The minimum Gasteiger partial charge on any atom is -0.0913 e. The highest BCUT2D eigenvalue weighted by Gasteiger charge is 2.03. The van der Waals surface area contributed by atoms with E-state index < -0.39 is 0 Å². The van der Waals surface area contributed by atoms with Gasteiger partial charge in [0.2, 0.25) is 0 Å². The summed E-state index contributed by atoms with van der Waals surface area (Å²) in [4.78, 5) is 0. The molecule has 0 N–H and O–H groups in total. The van der Waals surface area contributed by atoms with E-state index in [0.717, 1.165) is 0 Å². The van der Waals surface area contributed by atoms with Gasteiger partial charge in [-0.2, -0.15) is 0 Å². The minimum absolute atomic E-state index is 1.39. The summed E-state index contributed by atoms with van der Waals surface area (Å²) in [5, 5.41) is 0. The van der Waals surface area contributed by atoms with E-state index in [4.69, 9.17) is 0 Å². The van der Waals surface area contributed by atoms with Crippen molar-refractivity contribution in [2.75, 3.05) is 0 Å². The van der Waals surface area contributed by atoms with Gasteiger partial charge in [-0.3, -0.25) is 0 Å². The molecule has 0 aliphatic carbocycles. The van der Waals surface area contributed by atoms with Crippen LogP contribution in [0.5, 0.6) is 0 Å². The summed E-state index contributed by atoms with van der Waals surface area (Å²) in [7, 11) is 6.55. The smallest absolute Gasteiger partial charge is 0.0913 e. The second kappa shape index (κ2) is 3.25. The highest BCUT2D eigenvalue weighted by molar-refractivity contribution is 14.1. The Bertz CT molecular complexity index is 270. The summed E-state index contributed by atoms with van der Waals surface area (Å²) in [6, 6.07) is 2.25. The molecule has 54 valence electrons. The van der Waals surface area contributed by atoms with Crippen molar-refractivity contribution < 1.29 is 0 Å². The summed E-state index contributed by atoms with van der Waals surface area (Å²) in [6.07, 6.45) is 0. The Morgan fingerprint density at radius 3 is 2.27 bits per heavy atom. The molecule has 11 heavy (non-hydrogen) atoms. The van der Waals surface area contributed by atoms with Crippen LogP contribution in [0.4, 0.5) is 0 Å². The van der Waals surface area contributed by atoms with Gasteiger partial charge in [0.25, 0.3) is 0 Å². The van der Waals surface area contributed by atoms with E-state index in [0.29, 0.717) is 0 Å². The Morgan fingerprint density at radius 1 is 1.18 bits per heavy atom. The lowest BCUT2D eigenvalue weighted by Gasteiger charge is -2.10. The third-order valence-corrected chi connectivity index (χ3v) is 3.92. The van der Waals surface area contributed by atoms with E-state index in [-0.39, 0.29) is 0 Å². The molecule has 0 radical (unpaired) electrons. The molecular weight excluding hydrogens is 243 g/mol. The number of halogens is 1. The normalized spacial score (nSPS) is 10.0. The summed E-state index contributed by atoms with van der Waals surface area (Å²) in [6.45, 7) is 2.17. The monoisotopic (exact) mass is 254 g/mol. The van der Waals surface area contributed by atoms with Crippen LogP contribution in [0.15, 0.2) is 6.07 Å². The molecule has 0 fully saturated rings. The Balaban J connectivity index is 3.46. The third kappa shape index (κ3) is 1.66. The Kier molecular flexibility index (Phi) is 2.73. The topological polar surface area (TPSA) is 0 Å². The van der Waals surface area contributed by atoms with Gasteiger partial charge in [0.05, 0.1) is 0 Å². The molecule has 0 unspecified atom stereocenters. The molecule has 1 aromatic rings. The summed E-state index contributed by atoms with van der Waals surface area (Å²) < 4.78 is 1.41. The number of hydrogen-bond acceptors (Lipinski definition) is 0. The number of hydrogen-bond donors (Lipinski definition) is 0. The molecule has 0 atom stereocenters. The van der Waals surface area contributed by atoms with Crippen LogP contribution in [-0.4, -0.2) is 23.5 Å². The van der Waals surface area contributed by atoms with Gasteiger partial charge < -0.3 is 0 Å². The first kappa shape index (κ1) is 9.23. The van der Waals surface area contributed by atoms with Crippen LogP contribution in [0.25, 0.3) is 0 Å². The molecule has 1 aromatic carbocycles. The number of aryl methyl sites for hydroxylation is 1. The number of benzene rings is 1. The molecular formula is C7H10B3I. The molecule has 0 aliphatic heterocycles. The highest BCUT2D eigenvalue weighted by Crippen LogP contribution is 1.96. The van der Waals surface area contributed by atoms with Gasteiger partial charge >= 0.3 is 0 Å². The van der Waals surface area contributed by atoms with Crippen LogP contribution in [0.1, 0.15) is 5.56 Å². The van der Waals surface area contributed by atoms with Crippen molar-refractivity contribution in [1.29, 1.82) is 0 Å². The standard InChI is InChI=1S/C7H10B3I/c1-3-2-4(8)7(11)6(10)5(3)9/h2H,8-10H2,1H3. The fourth-order valence-electron chi connectivity index (χ4n) is 1.25. The Morgan fingerprint density at radius 2 is 1.73 bits per heavy atom. The van der Waals surface area contributed by atoms with E-state index >= 15 is 0 Å². The van der Waals surface area contributed by atoms with Gasteiger partial charge in [-0.1, -0.05) is 28.0 Å². The molecule has 0 aliphatic rings. The van der Waals surface area contributed by atoms with Crippen molar-refractivity contribution >= 4 is 62.5 Å². The lowest BCUT2D eigenvalue weighted by atomic mass is 9.74. The van der Waals surface area contributed by atoms with Crippen LogP contribution >= 0.6 is 22.6 Å². The molecule has 0 saturated carbocycles. The summed E-state index contributed by atoms with van der Waals surface area (Å²) in [5.74, 6) is 0. The average molecular weight is 253 g/mol. The SMILES string of the molecule is Bc1cc(C)c(B)c(B)c1I. The van der Waals surface area contributed by atoms with Crippen LogP contribution in [0, 0.1) is 10.5 Å². The maximum atomic E-state index is 2.41. The lowest BCUT2D eigenvalue weighted by molar-refractivity contribution is 1.54. The van der Waals surface area contributed by atoms with E-state index in [1.54, 1.807) is 0 Å². The first-order valence-electron chi connectivity index (χ1n) is 3.77. The molecule has 4 heteroatoms. The van der Waals surface area contributed by atoms with Gasteiger partial charge in [0.15, 0.2) is 0 Å². The average Bonchev–Trinajstić information content (AvgIpc) is 1.97. The van der Waals surface area contributed by atoms with Gasteiger partial charge in [0.1, 0.15) is 23.5 Å². The summed E-state index contributed by atoms with van der Waals surface area (Å²) >= 11 is 2.41. The van der Waals surface area contributed by atoms with Crippen LogP contribution < -0.4 is 16.4 Å². The van der Waals surface area contributed by atoms with Crippen molar-refractivity contribution in [1.82, 2.24) is 0 Å². The first-order valence-corrected chi connectivity index (χ1v) is 4.85. The molecule has 0 amide bonds. The van der Waals surface area contributed by atoms with Crippen molar-refractivity contribution in [3.63, 3.8) is 0 Å². The van der Waals surface area contributed by atoms with Crippen molar-refractivity contribution in [3.8, 4) is 0 Å². The zero-order valence-electron chi connectivity index (χ0n) is 7.46. The zero-order chi connectivity index (χ0) is 8.59. The first-order chi connectivity index (χ1) is 5.04. The molecule has 0 heterocycles. The van der Waals surface area contributed by atoms with E-state index in [2.05, 4.69) is 59.1 Å². The van der Waals surface area contributed by atoms with Gasteiger partial charge in [0, 0.05) is 0 Å². The van der Waals surface area contributed by atoms with Crippen molar-refractivity contribution in [2.45, 2.75) is 6.92 Å². The molecule has 0 saturated heterocycles. The highest BCUT2D eigenvalue weighted by atomic mass is 127. The predicted octanol–water partition coefficient (Wildman–Crippen LogP) is -2.63. The summed E-state index contributed by atoms with van der Waals surface area (Å²) in [5.41, 5.74) is 5.66. The van der Waals surface area contributed by atoms with E-state index in [9.17, 15) is 0 Å². The maximum absolute atomic E-state index is 2.41.